The summed E-state index contributed by atoms with van der Waals surface area (Å²) in [6, 6.07) is 14.1. The molecule has 0 atom stereocenters. The Labute approximate surface area is 169 Å². The first-order valence-corrected chi connectivity index (χ1v) is 9.26. The molecule has 1 amide bonds. The molecule has 0 heterocycles. The molecule has 0 aromatic heterocycles. The molecule has 0 spiro atoms. The van der Waals surface area contributed by atoms with Crippen LogP contribution in [0.5, 0.6) is 5.75 Å². The molecule has 0 aliphatic heterocycles. The Bertz CT molecular complexity index is 824. The Balaban J connectivity index is 1.87. The molecule has 8 heteroatoms. The minimum atomic E-state index is -2.87. The fourth-order valence-electron chi connectivity index (χ4n) is 2.44. The van der Waals surface area contributed by atoms with Gasteiger partial charge in [0.05, 0.1) is 0 Å². The summed E-state index contributed by atoms with van der Waals surface area (Å²) in [5, 5.41) is 9.07. The number of hydrogen-bond acceptors (Lipinski definition) is 3. The van der Waals surface area contributed by atoms with Crippen molar-refractivity contribution in [2.24, 2.45) is 10.9 Å². The van der Waals surface area contributed by atoms with Crippen molar-refractivity contribution in [3.05, 3.63) is 59.7 Å². The van der Waals surface area contributed by atoms with E-state index in [0.717, 1.165) is 11.3 Å². The predicted octanol–water partition coefficient (Wildman–Crippen LogP) is 3.75. The molecule has 29 heavy (non-hydrogen) atoms. The van der Waals surface area contributed by atoms with E-state index >= 15 is 0 Å². The summed E-state index contributed by atoms with van der Waals surface area (Å²) in [4.78, 5) is 15.9. The third-order valence-electron chi connectivity index (χ3n) is 4.06. The smallest absolute Gasteiger partial charge is 0.387 e. The standard InChI is InChI=1S/C21H26F2N4O2/c1-14(2)19(28)27-17-10-8-15(9-11-17)12-25-21(24-3)26-13-16-6-4-5-7-18(16)29-20(22)23/h4-11,14,20H,12-13H2,1-3H3,(H,27,28)(H2,24,25,26). The fourth-order valence-corrected chi connectivity index (χ4v) is 2.44. The number of guanidine groups is 1. The van der Waals surface area contributed by atoms with Gasteiger partial charge in [-0.15, -0.1) is 0 Å². The van der Waals surface area contributed by atoms with Gasteiger partial charge in [0, 0.05) is 37.3 Å². The van der Waals surface area contributed by atoms with Crippen LogP contribution in [0.1, 0.15) is 25.0 Å². The monoisotopic (exact) mass is 404 g/mol. The predicted molar refractivity (Wildman–Crippen MR) is 110 cm³/mol. The second kappa shape index (κ2) is 11.0. The number of halogens is 2. The second-order valence-electron chi connectivity index (χ2n) is 6.61. The lowest BCUT2D eigenvalue weighted by molar-refractivity contribution is -0.118. The van der Waals surface area contributed by atoms with Crippen LogP contribution in [-0.4, -0.2) is 25.5 Å². The Morgan fingerprint density at radius 3 is 2.31 bits per heavy atom. The number of carbonyl (C=O) groups is 1. The van der Waals surface area contributed by atoms with Gasteiger partial charge in [-0.1, -0.05) is 44.2 Å². The Kier molecular flexibility index (Phi) is 8.39. The quantitative estimate of drug-likeness (QED) is 0.463. The van der Waals surface area contributed by atoms with Gasteiger partial charge in [-0.2, -0.15) is 8.78 Å². The first-order valence-electron chi connectivity index (χ1n) is 9.26. The van der Waals surface area contributed by atoms with Crippen LogP contribution in [0.4, 0.5) is 14.5 Å². The van der Waals surface area contributed by atoms with Gasteiger partial charge in [0.2, 0.25) is 5.91 Å². The van der Waals surface area contributed by atoms with Crippen LogP contribution in [0.2, 0.25) is 0 Å². The third-order valence-corrected chi connectivity index (χ3v) is 4.06. The number of aliphatic imine (C=N–C) groups is 1. The second-order valence-corrected chi connectivity index (χ2v) is 6.61. The highest BCUT2D eigenvalue weighted by molar-refractivity contribution is 5.92. The van der Waals surface area contributed by atoms with E-state index in [-0.39, 0.29) is 24.1 Å². The van der Waals surface area contributed by atoms with Crippen LogP contribution >= 0.6 is 0 Å². The zero-order valence-electron chi connectivity index (χ0n) is 16.7. The van der Waals surface area contributed by atoms with Gasteiger partial charge in [-0.3, -0.25) is 9.79 Å². The number of carbonyl (C=O) groups excluding carboxylic acids is 1. The summed E-state index contributed by atoms with van der Waals surface area (Å²) in [6.45, 7) is 1.59. The average Bonchev–Trinajstić information content (AvgIpc) is 2.69. The molecule has 156 valence electrons. The first-order chi connectivity index (χ1) is 13.9. The van der Waals surface area contributed by atoms with E-state index in [9.17, 15) is 13.6 Å². The van der Waals surface area contributed by atoms with Crippen LogP contribution in [0.3, 0.4) is 0 Å². The van der Waals surface area contributed by atoms with Crippen LogP contribution < -0.4 is 20.7 Å². The van der Waals surface area contributed by atoms with Crippen molar-refractivity contribution < 1.29 is 18.3 Å². The fraction of sp³-hybridized carbons (Fsp3) is 0.333. The molecule has 2 rings (SSSR count). The molecule has 0 saturated carbocycles. The van der Waals surface area contributed by atoms with Crippen molar-refractivity contribution >= 4 is 17.6 Å². The van der Waals surface area contributed by atoms with Gasteiger partial charge in [0.25, 0.3) is 0 Å². The third kappa shape index (κ3) is 7.40. The summed E-state index contributed by atoms with van der Waals surface area (Å²) in [6.07, 6.45) is 0. The van der Waals surface area contributed by atoms with E-state index in [4.69, 9.17) is 0 Å². The Morgan fingerprint density at radius 1 is 1.03 bits per heavy atom. The lowest BCUT2D eigenvalue weighted by atomic mass is 10.1. The molecule has 0 radical (unpaired) electrons. The highest BCUT2D eigenvalue weighted by Crippen LogP contribution is 2.19. The van der Waals surface area contributed by atoms with E-state index in [2.05, 4.69) is 25.7 Å². The van der Waals surface area contributed by atoms with Crippen LogP contribution in [0.25, 0.3) is 0 Å². The molecule has 0 unspecified atom stereocenters. The number of anilines is 1. The zero-order chi connectivity index (χ0) is 21.2. The van der Waals surface area contributed by atoms with Gasteiger partial charge in [-0.05, 0) is 23.8 Å². The molecule has 2 aromatic rings. The number of nitrogens with one attached hydrogen (secondary N) is 3. The minimum absolute atomic E-state index is 0.0309. The molecule has 0 fully saturated rings. The van der Waals surface area contributed by atoms with E-state index in [0.29, 0.717) is 18.1 Å². The topological polar surface area (TPSA) is 74.8 Å². The molecule has 0 saturated heterocycles. The lowest BCUT2D eigenvalue weighted by Crippen LogP contribution is -2.36. The number of ether oxygens (including phenoxy) is 1. The Morgan fingerprint density at radius 2 is 1.69 bits per heavy atom. The van der Waals surface area contributed by atoms with Crippen molar-refractivity contribution in [2.45, 2.75) is 33.5 Å². The number of hydrogen-bond donors (Lipinski definition) is 3. The number of amides is 1. The largest absolute Gasteiger partial charge is 0.434 e. The van der Waals surface area contributed by atoms with Gasteiger partial charge >= 0.3 is 6.61 Å². The summed E-state index contributed by atoms with van der Waals surface area (Å²) in [5.74, 6) is 0.539. The number of benzene rings is 2. The first kappa shape index (κ1) is 22.1. The average molecular weight is 404 g/mol. The van der Waals surface area contributed by atoms with Crippen molar-refractivity contribution in [2.75, 3.05) is 12.4 Å². The van der Waals surface area contributed by atoms with Gasteiger partial charge in [0.15, 0.2) is 5.96 Å². The summed E-state index contributed by atoms with van der Waals surface area (Å²) < 4.78 is 29.5. The van der Waals surface area contributed by atoms with E-state index in [1.165, 1.54) is 6.07 Å². The maximum absolute atomic E-state index is 12.5. The molecule has 2 aromatic carbocycles. The maximum atomic E-state index is 12.5. The maximum Gasteiger partial charge on any atom is 0.387 e. The zero-order valence-corrected chi connectivity index (χ0v) is 16.7. The molecular formula is C21H26F2N4O2. The molecule has 0 aliphatic carbocycles. The van der Waals surface area contributed by atoms with E-state index < -0.39 is 6.61 Å². The lowest BCUT2D eigenvalue weighted by Gasteiger charge is -2.15. The van der Waals surface area contributed by atoms with Crippen molar-refractivity contribution in [1.82, 2.24) is 10.6 Å². The molecule has 0 aliphatic rings. The minimum Gasteiger partial charge on any atom is -0.434 e. The van der Waals surface area contributed by atoms with Crippen molar-refractivity contribution in [1.29, 1.82) is 0 Å². The van der Waals surface area contributed by atoms with Crippen molar-refractivity contribution in [3.8, 4) is 5.75 Å². The van der Waals surface area contributed by atoms with Gasteiger partial charge < -0.3 is 20.7 Å². The highest BCUT2D eigenvalue weighted by Gasteiger charge is 2.10. The molecule has 0 bridgehead atoms. The van der Waals surface area contributed by atoms with Gasteiger partial charge in [-0.25, -0.2) is 0 Å². The van der Waals surface area contributed by atoms with Crippen LogP contribution in [-0.2, 0) is 17.9 Å². The molecule has 3 N–H and O–H groups in total. The SMILES string of the molecule is CN=C(NCc1ccc(NC(=O)C(C)C)cc1)NCc1ccccc1OC(F)F. The summed E-state index contributed by atoms with van der Waals surface area (Å²) >= 11 is 0. The van der Waals surface area contributed by atoms with E-state index in [1.54, 1.807) is 25.2 Å². The number of para-hydroxylation sites is 1. The van der Waals surface area contributed by atoms with E-state index in [1.807, 2.05) is 38.1 Å². The number of nitrogens with zero attached hydrogens (tertiary/aromatic N) is 1. The normalized spacial score (nSPS) is 11.5. The number of rotatable bonds is 8. The summed E-state index contributed by atoms with van der Waals surface area (Å²) in [5.41, 5.74) is 2.34. The molecule has 6 nitrogen and oxygen atoms in total. The summed E-state index contributed by atoms with van der Waals surface area (Å²) in [7, 11) is 1.63. The highest BCUT2D eigenvalue weighted by atomic mass is 19.3. The van der Waals surface area contributed by atoms with Crippen LogP contribution in [0, 0.1) is 5.92 Å². The van der Waals surface area contributed by atoms with Crippen LogP contribution in [0.15, 0.2) is 53.5 Å². The Hall–Kier alpha value is -3.16. The molecular weight excluding hydrogens is 378 g/mol. The van der Waals surface area contributed by atoms with Gasteiger partial charge in [0.1, 0.15) is 5.75 Å². The number of alkyl halides is 2. The van der Waals surface area contributed by atoms with Crippen molar-refractivity contribution in [3.63, 3.8) is 0 Å².